The third-order valence-electron chi connectivity index (χ3n) is 5.06. The average molecular weight is 511 g/mol. The third kappa shape index (κ3) is 7.09. The fourth-order valence-electron chi connectivity index (χ4n) is 3.24. The predicted molar refractivity (Wildman–Crippen MR) is 139 cm³/mol. The molecule has 0 radical (unpaired) electrons. The van der Waals surface area contributed by atoms with Crippen LogP contribution in [0.3, 0.4) is 0 Å². The molecular formula is C25H30N6O4S. The smallest absolute Gasteiger partial charge is 0.253 e. The monoisotopic (exact) mass is 510 g/mol. The van der Waals surface area contributed by atoms with Gasteiger partial charge in [-0.25, -0.2) is 13.4 Å². The number of hydrogen-bond donors (Lipinski definition) is 3. The van der Waals surface area contributed by atoms with Crippen molar-refractivity contribution in [1.29, 1.82) is 0 Å². The van der Waals surface area contributed by atoms with Crippen LogP contribution in [0.15, 0.2) is 64.0 Å². The fraction of sp³-hybridized carbons (Fsp3) is 0.280. The van der Waals surface area contributed by atoms with E-state index in [0.29, 0.717) is 22.7 Å². The maximum atomic E-state index is 11.7. The van der Waals surface area contributed by atoms with Crippen LogP contribution < -0.4 is 11.1 Å². The summed E-state index contributed by atoms with van der Waals surface area (Å²) in [4.78, 5) is 8.71. The van der Waals surface area contributed by atoms with Crippen LogP contribution in [0, 0.1) is 6.92 Å². The number of nitrogens with zero attached hydrogens (tertiary/aromatic N) is 4. The van der Waals surface area contributed by atoms with E-state index in [1.54, 1.807) is 19.1 Å². The first-order valence-electron chi connectivity index (χ1n) is 11.3. The minimum atomic E-state index is -3.27. The number of hydrogen-bond acceptors (Lipinski definition) is 10. The molecule has 4 rings (SSSR count). The molecule has 0 spiro atoms. The molecule has 4 N–H and O–H groups in total. The summed E-state index contributed by atoms with van der Waals surface area (Å²) in [5, 5.41) is 19.5. The molecule has 2 aromatic heterocycles. The number of nitrogens with one attached hydrogen (secondary N) is 1. The highest BCUT2D eigenvalue weighted by molar-refractivity contribution is 7.90. The number of benzene rings is 2. The van der Waals surface area contributed by atoms with Gasteiger partial charge in [0.15, 0.2) is 9.84 Å². The van der Waals surface area contributed by atoms with Crippen molar-refractivity contribution < 1.29 is 17.9 Å². The third-order valence-corrected chi connectivity index (χ3v) is 6.31. The molecule has 0 saturated heterocycles. The summed E-state index contributed by atoms with van der Waals surface area (Å²) >= 11 is 0. The molecule has 4 aromatic rings. The Hall–Kier alpha value is -3.83. The normalized spacial score (nSPS) is 11.2. The van der Waals surface area contributed by atoms with Crippen LogP contribution in [-0.4, -0.2) is 46.6 Å². The van der Waals surface area contributed by atoms with E-state index in [-0.39, 0.29) is 35.1 Å². The molecule has 0 amide bonds. The van der Waals surface area contributed by atoms with Gasteiger partial charge in [0.25, 0.3) is 5.89 Å². The van der Waals surface area contributed by atoms with E-state index in [4.69, 9.17) is 15.3 Å². The maximum absolute atomic E-state index is 11.7. The van der Waals surface area contributed by atoms with Gasteiger partial charge in [0.1, 0.15) is 5.82 Å². The zero-order valence-corrected chi connectivity index (χ0v) is 21.5. The van der Waals surface area contributed by atoms with Gasteiger partial charge in [-0.05, 0) is 42.7 Å². The van der Waals surface area contributed by atoms with Gasteiger partial charge in [-0.2, -0.15) is 4.98 Å². The highest BCUT2D eigenvalue weighted by Gasteiger charge is 2.16. The summed E-state index contributed by atoms with van der Waals surface area (Å²) in [5.41, 5.74) is 8.92. The van der Waals surface area contributed by atoms with Crippen LogP contribution >= 0.6 is 0 Å². The van der Waals surface area contributed by atoms with E-state index in [1.165, 1.54) is 24.1 Å². The van der Waals surface area contributed by atoms with Crippen molar-refractivity contribution in [2.24, 2.45) is 0 Å². The molecule has 11 heteroatoms. The van der Waals surface area contributed by atoms with Gasteiger partial charge in [-0.15, -0.1) is 10.2 Å². The summed E-state index contributed by atoms with van der Waals surface area (Å²) in [6.45, 7) is 5.86. The summed E-state index contributed by atoms with van der Waals surface area (Å²) in [7, 11) is -3.27. The lowest BCUT2D eigenvalue weighted by Crippen LogP contribution is -2.04. The van der Waals surface area contributed by atoms with Crippen molar-refractivity contribution in [3.8, 4) is 11.5 Å². The molecule has 0 aliphatic rings. The van der Waals surface area contributed by atoms with Crippen LogP contribution in [0.5, 0.6) is 0 Å². The lowest BCUT2D eigenvalue weighted by molar-refractivity contribution is 0.299. The Bertz CT molecular complexity index is 1410. The molecule has 190 valence electrons. The fourth-order valence-corrected chi connectivity index (χ4v) is 4.20. The van der Waals surface area contributed by atoms with Gasteiger partial charge < -0.3 is 20.6 Å². The number of aliphatic hydroxyl groups excluding tert-OH is 1. The molecule has 0 saturated carbocycles. The van der Waals surface area contributed by atoms with Gasteiger partial charge in [0, 0.05) is 30.7 Å². The first kappa shape index (κ1) is 26.8. The summed E-state index contributed by atoms with van der Waals surface area (Å²) in [6.07, 6.45) is 3.44. The molecule has 0 bridgehead atoms. The molecule has 0 aliphatic carbocycles. The Morgan fingerprint density at radius 2 is 1.83 bits per heavy atom. The molecule has 36 heavy (non-hydrogen) atoms. The van der Waals surface area contributed by atoms with Gasteiger partial charge in [-0.3, -0.25) is 0 Å². The quantitative estimate of drug-likeness (QED) is 0.333. The summed E-state index contributed by atoms with van der Waals surface area (Å²) < 4.78 is 29.0. The van der Waals surface area contributed by atoms with Gasteiger partial charge in [0.2, 0.25) is 11.8 Å². The molecule has 0 aliphatic heterocycles. The number of sulfone groups is 1. The highest BCUT2D eigenvalue weighted by atomic mass is 32.2. The first-order valence-corrected chi connectivity index (χ1v) is 13.2. The lowest BCUT2D eigenvalue weighted by atomic mass is 10.2. The van der Waals surface area contributed by atoms with Crippen LogP contribution in [-0.2, 0) is 16.3 Å². The number of anilines is 3. The number of nitrogens with two attached hydrogens (primary N) is 1. The van der Waals surface area contributed by atoms with Crippen LogP contribution in [0.4, 0.5) is 17.5 Å². The van der Waals surface area contributed by atoms with Crippen molar-refractivity contribution in [3.63, 3.8) is 0 Å². The van der Waals surface area contributed by atoms with Crippen molar-refractivity contribution in [2.45, 2.75) is 38.0 Å². The van der Waals surface area contributed by atoms with Crippen molar-refractivity contribution >= 4 is 27.3 Å². The van der Waals surface area contributed by atoms with E-state index in [2.05, 4.69) is 25.5 Å². The predicted octanol–water partition coefficient (Wildman–Crippen LogP) is 3.91. The van der Waals surface area contributed by atoms with Crippen LogP contribution in [0.1, 0.15) is 36.8 Å². The van der Waals surface area contributed by atoms with Gasteiger partial charge in [0.05, 0.1) is 10.5 Å². The second-order valence-corrected chi connectivity index (χ2v) is 10.4. The van der Waals surface area contributed by atoms with E-state index in [1.807, 2.05) is 44.2 Å². The minimum absolute atomic E-state index is 0.104. The Balaban J connectivity index is 0.000000338. The first-order chi connectivity index (χ1) is 17.1. The lowest BCUT2D eigenvalue weighted by Gasteiger charge is -2.09. The summed E-state index contributed by atoms with van der Waals surface area (Å²) in [6, 6.07) is 14.8. The number of aliphatic hydroxyl groups is 1. The maximum Gasteiger partial charge on any atom is 0.253 e. The molecule has 2 heterocycles. The number of nitrogen functional groups attached to an aromatic ring is 1. The Kier molecular flexibility index (Phi) is 8.73. The Morgan fingerprint density at radius 1 is 1.11 bits per heavy atom. The second kappa shape index (κ2) is 11.7. The van der Waals surface area contributed by atoms with Crippen molar-refractivity contribution in [3.05, 3.63) is 71.7 Å². The highest BCUT2D eigenvalue weighted by Crippen LogP contribution is 2.27. The van der Waals surface area contributed by atoms with Crippen molar-refractivity contribution in [2.75, 3.05) is 23.9 Å². The number of aromatic nitrogens is 4. The van der Waals surface area contributed by atoms with Crippen LogP contribution in [0.25, 0.3) is 11.5 Å². The molecule has 0 unspecified atom stereocenters. The van der Waals surface area contributed by atoms with Gasteiger partial charge in [-0.1, -0.05) is 44.2 Å². The topological polar surface area (TPSA) is 157 Å². The zero-order chi connectivity index (χ0) is 26.3. The van der Waals surface area contributed by atoms with E-state index < -0.39 is 9.84 Å². The van der Waals surface area contributed by atoms with Crippen molar-refractivity contribution in [1.82, 2.24) is 20.2 Å². The second-order valence-electron chi connectivity index (χ2n) is 8.43. The minimum Gasteiger partial charge on any atom is -0.420 e. The van der Waals surface area contributed by atoms with Crippen LogP contribution in [0.2, 0.25) is 0 Å². The SMILES string of the molecule is Cc1cc(Nc2ncc(-c3nnc(C(C)C)o3)c(N)n2)ccc1S(C)(=O)=O.OCCc1ccccc1. The average Bonchev–Trinajstić information content (AvgIpc) is 3.30. The Morgan fingerprint density at radius 3 is 2.39 bits per heavy atom. The largest absolute Gasteiger partial charge is 0.420 e. The Labute approximate surface area is 210 Å². The zero-order valence-electron chi connectivity index (χ0n) is 20.6. The molecule has 0 fully saturated rings. The standard InChI is InChI=1S/C17H20N6O3S.C8H10O/c1-9(2)15-22-23-16(26-15)12-8-19-17(21-14(12)18)20-11-5-6-13(10(3)7-11)27(4,24)25;9-7-6-8-4-2-1-3-5-8/h5-9H,1-4H3,(H3,18,19,20,21);1-5,9H,6-7H2. The summed E-state index contributed by atoms with van der Waals surface area (Å²) in [5.74, 6) is 1.33. The van der Waals surface area contributed by atoms with Gasteiger partial charge >= 0.3 is 0 Å². The molecular weight excluding hydrogens is 480 g/mol. The number of aryl methyl sites for hydroxylation is 1. The molecule has 2 aromatic carbocycles. The molecule has 0 atom stereocenters. The van der Waals surface area contributed by atoms with E-state index in [9.17, 15) is 8.42 Å². The van der Waals surface area contributed by atoms with E-state index >= 15 is 0 Å². The number of rotatable bonds is 7. The van der Waals surface area contributed by atoms with E-state index in [0.717, 1.165) is 6.42 Å². The molecule has 10 nitrogen and oxygen atoms in total.